The molecule has 0 fully saturated rings. The monoisotopic (exact) mass is 525 g/mol. The summed E-state index contributed by atoms with van der Waals surface area (Å²) in [7, 11) is 0. The van der Waals surface area contributed by atoms with Crippen molar-refractivity contribution in [1.29, 1.82) is 0 Å². The summed E-state index contributed by atoms with van der Waals surface area (Å²) in [6.07, 6.45) is 2.66. The first-order valence-electron chi connectivity index (χ1n) is 13.5. The van der Waals surface area contributed by atoms with Crippen LogP contribution in [0.25, 0.3) is 5.70 Å². The summed E-state index contributed by atoms with van der Waals surface area (Å²) in [6, 6.07) is 25.5. The quantitative estimate of drug-likeness (QED) is 0.296. The number of ether oxygens (including phenoxy) is 1. The smallest absolute Gasteiger partial charge is 0.338 e. The molecule has 1 aliphatic rings. The van der Waals surface area contributed by atoms with Crippen molar-refractivity contribution >= 4 is 29.3 Å². The van der Waals surface area contributed by atoms with Gasteiger partial charge in [0.05, 0.1) is 23.9 Å². The molecule has 0 aliphatic carbocycles. The van der Waals surface area contributed by atoms with Gasteiger partial charge in [0.25, 0.3) is 0 Å². The third-order valence-corrected chi connectivity index (χ3v) is 6.59. The first-order chi connectivity index (χ1) is 19.0. The van der Waals surface area contributed by atoms with E-state index in [1.807, 2.05) is 72.8 Å². The number of nitrogens with zero attached hydrogens (tertiary/aromatic N) is 1. The van der Waals surface area contributed by atoms with Crippen LogP contribution >= 0.6 is 0 Å². The van der Waals surface area contributed by atoms with Gasteiger partial charge in [0.15, 0.2) is 0 Å². The Morgan fingerprint density at radius 3 is 2.36 bits per heavy atom. The van der Waals surface area contributed by atoms with Gasteiger partial charge in [-0.15, -0.1) is 0 Å². The topological polar surface area (TPSA) is 87.7 Å². The molecule has 0 radical (unpaired) electrons. The van der Waals surface area contributed by atoms with Crippen molar-refractivity contribution in [3.05, 3.63) is 107 Å². The van der Waals surface area contributed by atoms with Crippen molar-refractivity contribution in [2.75, 3.05) is 18.5 Å². The van der Waals surface area contributed by atoms with Crippen molar-refractivity contribution in [2.24, 2.45) is 0 Å². The second-order valence-electron chi connectivity index (χ2n) is 9.40. The number of unbranched alkanes of at least 4 members (excludes halogenated alkanes) is 1. The standard InChI is InChI=1S/C32H35N3O4/c1-3-5-21-35-30(24-15-10-7-11-16-24)28(31(37)39-4-2)29(34-32(35)38)25-17-12-18-26(22-25)33-27(36)20-19-23-13-8-6-9-14-23/h6-18,22,29H,3-5,19-21H2,1-2H3,(H,33,36)(H,34,38). The molecule has 0 bridgehead atoms. The van der Waals surface area contributed by atoms with Crippen LogP contribution in [0.2, 0.25) is 0 Å². The number of urea groups is 1. The number of benzene rings is 3. The minimum atomic E-state index is -0.745. The number of carbonyl (C=O) groups excluding carboxylic acids is 3. The molecule has 0 saturated carbocycles. The van der Waals surface area contributed by atoms with E-state index in [-0.39, 0.29) is 18.5 Å². The van der Waals surface area contributed by atoms with Gasteiger partial charge in [-0.2, -0.15) is 0 Å². The largest absolute Gasteiger partial charge is 0.463 e. The van der Waals surface area contributed by atoms with Gasteiger partial charge in [-0.3, -0.25) is 9.69 Å². The molecule has 3 aromatic rings. The fourth-order valence-electron chi connectivity index (χ4n) is 4.69. The van der Waals surface area contributed by atoms with Crippen LogP contribution in [-0.4, -0.2) is 36.0 Å². The van der Waals surface area contributed by atoms with Crippen molar-refractivity contribution in [1.82, 2.24) is 10.2 Å². The van der Waals surface area contributed by atoms with Gasteiger partial charge in [0.1, 0.15) is 0 Å². The van der Waals surface area contributed by atoms with Crippen molar-refractivity contribution in [2.45, 2.75) is 45.6 Å². The lowest BCUT2D eigenvalue weighted by Crippen LogP contribution is -2.48. The average Bonchev–Trinajstić information content (AvgIpc) is 2.96. The third kappa shape index (κ3) is 6.93. The van der Waals surface area contributed by atoms with E-state index < -0.39 is 12.0 Å². The molecule has 2 N–H and O–H groups in total. The van der Waals surface area contributed by atoms with Gasteiger partial charge >= 0.3 is 12.0 Å². The lowest BCUT2D eigenvalue weighted by Gasteiger charge is -2.37. The van der Waals surface area contributed by atoms with Crippen LogP contribution in [-0.2, 0) is 20.7 Å². The van der Waals surface area contributed by atoms with Crippen LogP contribution in [0.4, 0.5) is 10.5 Å². The van der Waals surface area contributed by atoms with E-state index >= 15 is 0 Å². The molecule has 39 heavy (non-hydrogen) atoms. The molecule has 3 amide bonds. The van der Waals surface area contributed by atoms with Crippen LogP contribution in [0, 0.1) is 0 Å². The van der Waals surface area contributed by atoms with Crippen LogP contribution in [0.3, 0.4) is 0 Å². The molecule has 1 heterocycles. The SMILES string of the molecule is CCCCN1C(=O)NC(c2cccc(NC(=O)CCc3ccccc3)c2)C(C(=O)OCC)=C1c1ccccc1. The van der Waals surface area contributed by atoms with E-state index in [1.165, 1.54) is 0 Å². The Morgan fingerprint density at radius 2 is 1.67 bits per heavy atom. The summed E-state index contributed by atoms with van der Waals surface area (Å²) in [5.74, 6) is -0.597. The van der Waals surface area contributed by atoms with Crippen molar-refractivity contribution in [3.8, 4) is 0 Å². The fraction of sp³-hybridized carbons (Fsp3) is 0.281. The first-order valence-corrected chi connectivity index (χ1v) is 13.5. The summed E-state index contributed by atoms with van der Waals surface area (Å²) < 4.78 is 5.50. The highest BCUT2D eigenvalue weighted by Gasteiger charge is 2.38. The highest BCUT2D eigenvalue weighted by molar-refractivity contribution is 6.04. The molecule has 1 atom stereocenters. The zero-order chi connectivity index (χ0) is 27.6. The number of nitrogens with one attached hydrogen (secondary N) is 2. The Kier molecular flexibility index (Phi) is 9.51. The highest BCUT2D eigenvalue weighted by Crippen LogP contribution is 2.37. The minimum absolute atomic E-state index is 0.111. The van der Waals surface area contributed by atoms with Gasteiger partial charge in [0, 0.05) is 18.7 Å². The Morgan fingerprint density at radius 1 is 0.949 bits per heavy atom. The molecule has 3 aromatic carbocycles. The number of hydrogen-bond donors (Lipinski definition) is 2. The Balaban J connectivity index is 1.68. The first kappa shape index (κ1) is 27.6. The molecule has 0 saturated heterocycles. The fourth-order valence-corrected chi connectivity index (χ4v) is 4.69. The molecule has 7 nitrogen and oxygen atoms in total. The maximum absolute atomic E-state index is 13.4. The number of anilines is 1. The average molecular weight is 526 g/mol. The molecule has 0 spiro atoms. The normalized spacial score (nSPS) is 15.1. The molecule has 202 valence electrons. The van der Waals surface area contributed by atoms with Crippen LogP contribution < -0.4 is 10.6 Å². The molecule has 7 heteroatoms. The van der Waals surface area contributed by atoms with E-state index in [4.69, 9.17) is 4.74 Å². The number of amides is 3. The zero-order valence-corrected chi connectivity index (χ0v) is 22.5. The van der Waals surface area contributed by atoms with Crippen LogP contribution in [0.5, 0.6) is 0 Å². The van der Waals surface area contributed by atoms with Crippen LogP contribution in [0.1, 0.15) is 55.8 Å². The lowest BCUT2D eigenvalue weighted by molar-refractivity contribution is -0.139. The number of esters is 1. The third-order valence-electron chi connectivity index (χ3n) is 6.59. The number of hydrogen-bond acceptors (Lipinski definition) is 4. The van der Waals surface area contributed by atoms with E-state index in [9.17, 15) is 14.4 Å². The van der Waals surface area contributed by atoms with Crippen LogP contribution in [0.15, 0.2) is 90.5 Å². The number of carbonyl (C=O) groups is 3. The predicted molar refractivity (Wildman–Crippen MR) is 153 cm³/mol. The second kappa shape index (κ2) is 13.4. The molecular weight excluding hydrogens is 490 g/mol. The van der Waals surface area contributed by atoms with Crippen molar-refractivity contribution in [3.63, 3.8) is 0 Å². The van der Waals surface area contributed by atoms with E-state index in [1.54, 1.807) is 24.0 Å². The van der Waals surface area contributed by atoms with Gasteiger partial charge in [0.2, 0.25) is 5.91 Å². The number of aryl methyl sites for hydroxylation is 1. The highest BCUT2D eigenvalue weighted by atomic mass is 16.5. The molecule has 1 aliphatic heterocycles. The van der Waals surface area contributed by atoms with Gasteiger partial charge < -0.3 is 15.4 Å². The maximum atomic E-state index is 13.4. The molecule has 1 unspecified atom stereocenters. The van der Waals surface area contributed by atoms with E-state index in [0.29, 0.717) is 41.9 Å². The number of rotatable bonds is 11. The van der Waals surface area contributed by atoms with Crippen molar-refractivity contribution < 1.29 is 19.1 Å². The van der Waals surface area contributed by atoms with E-state index in [2.05, 4.69) is 17.6 Å². The molecule has 4 rings (SSSR count). The Hall–Kier alpha value is -4.39. The summed E-state index contributed by atoms with van der Waals surface area (Å²) in [4.78, 5) is 41.2. The summed E-state index contributed by atoms with van der Waals surface area (Å²) in [6.45, 7) is 4.50. The maximum Gasteiger partial charge on any atom is 0.338 e. The van der Waals surface area contributed by atoms with Gasteiger partial charge in [-0.1, -0.05) is 86.1 Å². The second-order valence-corrected chi connectivity index (χ2v) is 9.40. The molecule has 0 aromatic heterocycles. The van der Waals surface area contributed by atoms with E-state index in [0.717, 1.165) is 24.0 Å². The Labute approximate surface area is 229 Å². The van der Waals surface area contributed by atoms with Gasteiger partial charge in [-0.05, 0) is 48.6 Å². The summed E-state index contributed by atoms with van der Waals surface area (Å²) in [5.41, 5.74) is 4.05. The zero-order valence-electron chi connectivity index (χ0n) is 22.5. The predicted octanol–water partition coefficient (Wildman–Crippen LogP) is 6.10. The molecular formula is C32H35N3O4. The minimum Gasteiger partial charge on any atom is -0.463 e. The van der Waals surface area contributed by atoms with Gasteiger partial charge in [-0.25, -0.2) is 9.59 Å². The summed E-state index contributed by atoms with van der Waals surface area (Å²) in [5, 5.41) is 5.98. The Bertz CT molecular complexity index is 1320. The summed E-state index contributed by atoms with van der Waals surface area (Å²) >= 11 is 0. The lowest BCUT2D eigenvalue weighted by atomic mass is 9.91.